The van der Waals surface area contributed by atoms with Crippen LogP contribution in [0.5, 0.6) is 0 Å². The second kappa shape index (κ2) is 9.29. The van der Waals surface area contributed by atoms with Crippen molar-refractivity contribution in [2.45, 2.75) is 39.7 Å². The molecule has 7 nitrogen and oxygen atoms in total. The van der Waals surface area contributed by atoms with Crippen molar-refractivity contribution in [2.24, 2.45) is 5.92 Å². The van der Waals surface area contributed by atoms with Gasteiger partial charge >= 0.3 is 6.03 Å². The Bertz CT molecular complexity index is 758. The van der Waals surface area contributed by atoms with Crippen LogP contribution in [0.15, 0.2) is 24.3 Å². The molecule has 1 N–H and O–H groups in total. The van der Waals surface area contributed by atoms with Crippen molar-refractivity contribution in [1.82, 2.24) is 20.0 Å². The molecule has 0 bridgehead atoms. The SMILES string of the molecule is CCNC(=O)N1C[C@@H](C(=O)N2CCN(C(C)=O)CC2)CC[C@@H]1c1cccc(C)c1. The fraction of sp³-hybridized carbons (Fsp3) is 0.591. The van der Waals surface area contributed by atoms with Gasteiger partial charge in [0.15, 0.2) is 0 Å². The van der Waals surface area contributed by atoms with Gasteiger partial charge in [-0.2, -0.15) is 0 Å². The lowest BCUT2D eigenvalue weighted by Crippen LogP contribution is -2.55. The van der Waals surface area contributed by atoms with Crippen LogP contribution in [-0.4, -0.2) is 71.8 Å². The molecule has 2 aliphatic heterocycles. The number of piperazine rings is 1. The first-order chi connectivity index (χ1) is 13.9. The van der Waals surface area contributed by atoms with Gasteiger partial charge in [-0.3, -0.25) is 9.59 Å². The zero-order chi connectivity index (χ0) is 21.0. The number of likely N-dealkylation sites (tertiary alicyclic amines) is 1. The third-order valence-electron chi connectivity index (χ3n) is 5.98. The molecule has 158 valence electrons. The molecule has 2 fully saturated rings. The molecule has 0 aliphatic carbocycles. The number of hydrogen-bond donors (Lipinski definition) is 1. The summed E-state index contributed by atoms with van der Waals surface area (Å²) >= 11 is 0. The number of hydrogen-bond acceptors (Lipinski definition) is 3. The molecule has 0 radical (unpaired) electrons. The maximum atomic E-state index is 13.1. The molecule has 29 heavy (non-hydrogen) atoms. The Balaban J connectivity index is 1.71. The van der Waals surface area contributed by atoms with Gasteiger partial charge in [0.1, 0.15) is 0 Å². The van der Waals surface area contributed by atoms with E-state index in [1.165, 1.54) is 5.56 Å². The minimum atomic E-state index is -0.192. The van der Waals surface area contributed by atoms with Crippen LogP contribution in [0.4, 0.5) is 4.79 Å². The lowest BCUT2D eigenvalue weighted by atomic mass is 9.87. The summed E-state index contributed by atoms with van der Waals surface area (Å²) in [4.78, 5) is 42.9. The van der Waals surface area contributed by atoms with Gasteiger partial charge in [0.05, 0.1) is 12.0 Å². The number of rotatable bonds is 3. The van der Waals surface area contributed by atoms with Crippen LogP contribution < -0.4 is 5.32 Å². The van der Waals surface area contributed by atoms with Gasteiger partial charge < -0.3 is 20.0 Å². The minimum Gasteiger partial charge on any atom is -0.339 e. The van der Waals surface area contributed by atoms with E-state index in [4.69, 9.17) is 0 Å². The number of carbonyl (C=O) groups excluding carboxylic acids is 3. The highest BCUT2D eigenvalue weighted by Gasteiger charge is 2.37. The smallest absolute Gasteiger partial charge is 0.317 e. The molecule has 2 saturated heterocycles. The zero-order valence-electron chi connectivity index (χ0n) is 17.7. The van der Waals surface area contributed by atoms with Crippen LogP contribution in [0.1, 0.15) is 43.9 Å². The van der Waals surface area contributed by atoms with E-state index in [0.29, 0.717) is 39.3 Å². The molecular weight excluding hydrogens is 368 g/mol. The van der Waals surface area contributed by atoms with E-state index in [0.717, 1.165) is 18.4 Å². The molecule has 0 unspecified atom stereocenters. The zero-order valence-corrected chi connectivity index (χ0v) is 17.7. The summed E-state index contributed by atoms with van der Waals surface area (Å²) in [5, 5.41) is 2.90. The molecule has 0 spiro atoms. The summed E-state index contributed by atoms with van der Waals surface area (Å²) in [6.07, 6.45) is 1.53. The molecule has 1 aromatic rings. The van der Waals surface area contributed by atoms with E-state index < -0.39 is 0 Å². The lowest BCUT2D eigenvalue weighted by Gasteiger charge is -2.42. The predicted molar refractivity (Wildman–Crippen MR) is 111 cm³/mol. The summed E-state index contributed by atoms with van der Waals surface area (Å²) in [5.41, 5.74) is 2.29. The van der Waals surface area contributed by atoms with Crippen LogP contribution in [0.2, 0.25) is 0 Å². The van der Waals surface area contributed by atoms with Crippen LogP contribution in [0.25, 0.3) is 0 Å². The summed E-state index contributed by atoms with van der Waals surface area (Å²) in [6.45, 7) is 8.80. The third kappa shape index (κ3) is 4.89. The van der Waals surface area contributed by atoms with Crippen molar-refractivity contribution in [3.8, 4) is 0 Å². The number of amides is 4. The summed E-state index contributed by atoms with van der Waals surface area (Å²) in [7, 11) is 0. The van der Waals surface area contributed by atoms with Crippen LogP contribution in [0, 0.1) is 12.8 Å². The monoisotopic (exact) mass is 400 g/mol. The van der Waals surface area contributed by atoms with Crippen molar-refractivity contribution in [3.63, 3.8) is 0 Å². The second-order valence-electron chi connectivity index (χ2n) is 8.02. The number of urea groups is 1. The number of nitrogens with one attached hydrogen (secondary N) is 1. The van der Waals surface area contributed by atoms with Crippen LogP contribution >= 0.6 is 0 Å². The molecule has 2 atom stereocenters. The Morgan fingerprint density at radius 1 is 1.07 bits per heavy atom. The number of piperidine rings is 1. The van der Waals surface area contributed by atoms with E-state index in [1.807, 2.05) is 22.8 Å². The van der Waals surface area contributed by atoms with E-state index in [9.17, 15) is 14.4 Å². The van der Waals surface area contributed by atoms with E-state index in [1.54, 1.807) is 11.8 Å². The Morgan fingerprint density at radius 2 is 1.76 bits per heavy atom. The lowest BCUT2D eigenvalue weighted by molar-refractivity contribution is -0.142. The van der Waals surface area contributed by atoms with E-state index in [2.05, 4.69) is 30.4 Å². The molecule has 1 aromatic carbocycles. The quantitative estimate of drug-likeness (QED) is 0.845. The average molecular weight is 401 g/mol. The highest BCUT2D eigenvalue weighted by Crippen LogP contribution is 2.34. The van der Waals surface area contributed by atoms with Crippen molar-refractivity contribution in [3.05, 3.63) is 35.4 Å². The highest BCUT2D eigenvalue weighted by molar-refractivity contribution is 5.82. The van der Waals surface area contributed by atoms with Gasteiger partial charge in [0, 0.05) is 46.2 Å². The first-order valence-corrected chi connectivity index (χ1v) is 10.6. The fourth-order valence-electron chi connectivity index (χ4n) is 4.37. The molecule has 2 heterocycles. The Labute approximate surface area is 173 Å². The summed E-state index contributed by atoms with van der Waals surface area (Å²) in [5.74, 6) is -0.0362. The Morgan fingerprint density at radius 3 is 2.38 bits per heavy atom. The van der Waals surface area contributed by atoms with Crippen molar-refractivity contribution >= 4 is 17.8 Å². The standard InChI is InChI=1S/C22H32N4O3/c1-4-23-22(29)26-15-19(8-9-20(26)18-7-5-6-16(2)14-18)21(28)25-12-10-24(11-13-25)17(3)27/h5-7,14,19-20H,4,8-13,15H2,1-3H3,(H,23,29)/t19-,20+/m0/s1. The van der Waals surface area contributed by atoms with Crippen molar-refractivity contribution in [2.75, 3.05) is 39.3 Å². The summed E-state index contributed by atoms with van der Waals surface area (Å²) < 4.78 is 0. The van der Waals surface area contributed by atoms with Gasteiger partial charge in [-0.05, 0) is 32.3 Å². The number of benzene rings is 1. The molecule has 4 amide bonds. The number of aryl methyl sites for hydroxylation is 1. The van der Waals surface area contributed by atoms with Crippen LogP contribution in [0.3, 0.4) is 0 Å². The molecule has 2 aliphatic rings. The fourth-order valence-corrected chi connectivity index (χ4v) is 4.37. The predicted octanol–water partition coefficient (Wildman–Crippen LogP) is 2.17. The maximum Gasteiger partial charge on any atom is 0.317 e. The largest absolute Gasteiger partial charge is 0.339 e. The highest BCUT2D eigenvalue weighted by atomic mass is 16.2. The average Bonchev–Trinajstić information content (AvgIpc) is 2.73. The van der Waals surface area contributed by atoms with Gasteiger partial charge in [0.25, 0.3) is 0 Å². The Kier molecular flexibility index (Phi) is 6.77. The first-order valence-electron chi connectivity index (χ1n) is 10.6. The first kappa shape index (κ1) is 21.1. The van der Waals surface area contributed by atoms with Crippen LogP contribution in [-0.2, 0) is 9.59 Å². The molecular formula is C22H32N4O3. The molecule has 3 rings (SSSR count). The third-order valence-corrected chi connectivity index (χ3v) is 5.98. The topological polar surface area (TPSA) is 73.0 Å². The Hall–Kier alpha value is -2.57. The van der Waals surface area contributed by atoms with Gasteiger partial charge in [0.2, 0.25) is 11.8 Å². The van der Waals surface area contributed by atoms with Gasteiger partial charge in [-0.25, -0.2) is 4.79 Å². The van der Waals surface area contributed by atoms with Crippen molar-refractivity contribution in [1.29, 1.82) is 0 Å². The van der Waals surface area contributed by atoms with Gasteiger partial charge in [-0.1, -0.05) is 29.8 Å². The van der Waals surface area contributed by atoms with Crippen molar-refractivity contribution < 1.29 is 14.4 Å². The normalized spacial score (nSPS) is 22.4. The molecule has 0 saturated carbocycles. The molecule has 7 heteroatoms. The van der Waals surface area contributed by atoms with E-state index in [-0.39, 0.29) is 29.8 Å². The summed E-state index contributed by atoms with van der Waals surface area (Å²) in [6, 6.07) is 8.13. The maximum absolute atomic E-state index is 13.1. The number of carbonyl (C=O) groups is 3. The van der Waals surface area contributed by atoms with E-state index >= 15 is 0 Å². The second-order valence-corrected chi connectivity index (χ2v) is 8.02. The minimum absolute atomic E-state index is 0.0138. The van der Waals surface area contributed by atoms with Gasteiger partial charge in [-0.15, -0.1) is 0 Å². The molecule has 0 aromatic heterocycles. The number of nitrogens with zero attached hydrogens (tertiary/aromatic N) is 3.